The molecule has 0 aliphatic rings. The van der Waals surface area contributed by atoms with E-state index in [1.54, 1.807) is 0 Å². The van der Waals surface area contributed by atoms with Crippen LogP contribution < -0.4 is 5.32 Å². The van der Waals surface area contributed by atoms with Crippen LogP contribution in [0.5, 0.6) is 0 Å². The molecule has 1 amide bonds. The topological polar surface area (TPSA) is 46.4 Å². The van der Waals surface area contributed by atoms with E-state index >= 15 is 0 Å². The van der Waals surface area contributed by atoms with Gasteiger partial charge in [-0.25, -0.2) is 4.98 Å². The summed E-state index contributed by atoms with van der Waals surface area (Å²) in [4.78, 5) is 17.2. The van der Waals surface area contributed by atoms with Crippen molar-refractivity contribution in [2.45, 2.75) is 32.6 Å². The lowest BCUT2D eigenvalue weighted by atomic mass is 10.0. The van der Waals surface area contributed by atoms with Gasteiger partial charge in [0.2, 0.25) is 0 Å². The van der Waals surface area contributed by atoms with E-state index in [0.717, 1.165) is 29.0 Å². The number of aryl methyl sites for hydroxylation is 1. The van der Waals surface area contributed by atoms with Gasteiger partial charge in [-0.05, 0) is 54.8 Å². The van der Waals surface area contributed by atoms with E-state index in [2.05, 4.69) is 29.4 Å². The first-order chi connectivity index (χ1) is 14.2. The van der Waals surface area contributed by atoms with Crippen molar-refractivity contribution in [2.24, 2.45) is 0 Å². The molecule has 4 heteroatoms. The summed E-state index contributed by atoms with van der Waals surface area (Å²) >= 11 is 0. The van der Waals surface area contributed by atoms with Crippen molar-refractivity contribution in [1.82, 2.24) is 9.38 Å². The number of amides is 1. The first-order valence-electron chi connectivity index (χ1n) is 10.2. The number of rotatable bonds is 7. The Hall–Kier alpha value is -3.40. The Morgan fingerprint density at radius 3 is 2.48 bits per heavy atom. The molecule has 0 bridgehead atoms. The number of nitrogens with one attached hydrogen (secondary N) is 1. The standard InChI is InChI=1S/C25H25N3O/c1-2-3-4-7-19-9-11-21(12-10-19)25(29)26-22-15-13-20(14-16-22)23-18-28-17-6-5-8-24(28)27-23/h5-6,8-18H,2-4,7H2,1H3,(H,26,29). The second-order valence-electron chi connectivity index (χ2n) is 7.28. The smallest absolute Gasteiger partial charge is 0.255 e. The van der Waals surface area contributed by atoms with Crippen LogP contribution in [0.3, 0.4) is 0 Å². The van der Waals surface area contributed by atoms with Crippen LogP contribution >= 0.6 is 0 Å². The normalized spacial score (nSPS) is 10.9. The van der Waals surface area contributed by atoms with Crippen LogP contribution in [0.2, 0.25) is 0 Å². The minimum atomic E-state index is -0.0920. The van der Waals surface area contributed by atoms with E-state index in [1.807, 2.05) is 71.4 Å². The van der Waals surface area contributed by atoms with Crippen molar-refractivity contribution in [2.75, 3.05) is 5.32 Å². The summed E-state index contributed by atoms with van der Waals surface area (Å²) in [5.41, 5.74) is 5.57. The third-order valence-electron chi connectivity index (χ3n) is 5.09. The molecule has 0 unspecified atom stereocenters. The van der Waals surface area contributed by atoms with E-state index in [9.17, 15) is 4.79 Å². The van der Waals surface area contributed by atoms with Crippen LogP contribution in [-0.4, -0.2) is 15.3 Å². The molecule has 29 heavy (non-hydrogen) atoms. The maximum absolute atomic E-state index is 12.5. The van der Waals surface area contributed by atoms with Gasteiger partial charge in [0.15, 0.2) is 0 Å². The zero-order chi connectivity index (χ0) is 20.1. The Bertz CT molecular complexity index is 1060. The van der Waals surface area contributed by atoms with Crippen molar-refractivity contribution in [3.63, 3.8) is 0 Å². The average molecular weight is 383 g/mol. The number of anilines is 1. The first kappa shape index (κ1) is 18.9. The highest BCUT2D eigenvalue weighted by molar-refractivity contribution is 6.04. The monoisotopic (exact) mass is 383 g/mol. The molecule has 0 aliphatic carbocycles. The van der Waals surface area contributed by atoms with Crippen LogP contribution in [0.25, 0.3) is 16.9 Å². The molecule has 0 saturated heterocycles. The Labute approximate surface area is 171 Å². The van der Waals surface area contributed by atoms with Gasteiger partial charge in [-0.1, -0.05) is 50.1 Å². The number of hydrogen-bond acceptors (Lipinski definition) is 2. The van der Waals surface area contributed by atoms with Crippen LogP contribution in [0.4, 0.5) is 5.69 Å². The second-order valence-corrected chi connectivity index (χ2v) is 7.28. The van der Waals surface area contributed by atoms with Gasteiger partial charge >= 0.3 is 0 Å². The van der Waals surface area contributed by atoms with Crippen LogP contribution in [0, 0.1) is 0 Å². The average Bonchev–Trinajstić information content (AvgIpc) is 3.19. The predicted molar refractivity (Wildman–Crippen MR) is 118 cm³/mol. The Morgan fingerprint density at radius 1 is 0.966 bits per heavy atom. The third kappa shape index (κ3) is 4.54. The molecule has 4 nitrogen and oxygen atoms in total. The molecular weight excluding hydrogens is 358 g/mol. The largest absolute Gasteiger partial charge is 0.322 e. The fraction of sp³-hybridized carbons (Fsp3) is 0.200. The van der Waals surface area contributed by atoms with Crippen LogP contribution in [0.15, 0.2) is 79.1 Å². The van der Waals surface area contributed by atoms with Crippen molar-refractivity contribution in [3.05, 3.63) is 90.3 Å². The summed E-state index contributed by atoms with van der Waals surface area (Å²) in [5.74, 6) is -0.0920. The number of carbonyl (C=O) groups is 1. The van der Waals surface area contributed by atoms with Gasteiger partial charge in [-0.15, -0.1) is 0 Å². The van der Waals surface area contributed by atoms with E-state index in [1.165, 1.54) is 24.8 Å². The van der Waals surface area contributed by atoms with Crippen molar-refractivity contribution < 1.29 is 4.79 Å². The molecule has 0 spiro atoms. The minimum absolute atomic E-state index is 0.0920. The molecule has 0 atom stereocenters. The Balaban J connectivity index is 1.41. The molecule has 2 aromatic carbocycles. The predicted octanol–water partition coefficient (Wildman–Crippen LogP) is 5.99. The Morgan fingerprint density at radius 2 is 1.76 bits per heavy atom. The molecule has 146 valence electrons. The zero-order valence-electron chi connectivity index (χ0n) is 16.6. The summed E-state index contributed by atoms with van der Waals surface area (Å²) in [6.45, 7) is 2.21. The van der Waals surface area contributed by atoms with Crippen molar-refractivity contribution >= 4 is 17.2 Å². The summed E-state index contributed by atoms with van der Waals surface area (Å²) < 4.78 is 2.00. The van der Waals surface area contributed by atoms with Crippen LogP contribution in [-0.2, 0) is 6.42 Å². The maximum Gasteiger partial charge on any atom is 0.255 e. The maximum atomic E-state index is 12.5. The van der Waals surface area contributed by atoms with E-state index in [0.29, 0.717) is 5.56 Å². The Kier molecular flexibility index (Phi) is 5.71. The summed E-state index contributed by atoms with van der Waals surface area (Å²) in [6, 6.07) is 21.6. The van der Waals surface area contributed by atoms with Gasteiger partial charge in [-0.3, -0.25) is 4.79 Å². The molecule has 4 rings (SSSR count). The molecule has 0 fully saturated rings. The second kappa shape index (κ2) is 8.74. The summed E-state index contributed by atoms with van der Waals surface area (Å²) in [6.07, 6.45) is 8.71. The number of unbranched alkanes of at least 4 members (excludes halogenated alkanes) is 2. The lowest BCUT2D eigenvalue weighted by molar-refractivity contribution is 0.102. The fourth-order valence-corrected chi connectivity index (χ4v) is 3.40. The lowest BCUT2D eigenvalue weighted by Crippen LogP contribution is -2.11. The van der Waals surface area contributed by atoms with Crippen molar-refractivity contribution in [3.8, 4) is 11.3 Å². The third-order valence-corrected chi connectivity index (χ3v) is 5.09. The summed E-state index contributed by atoms with van der Waals surface area (Å²) in [5, 5.41) is 2.97. The summed E-state index contributed by atoms with van der Waals surface area (Å²) in [7, 11) is 0. The highest BCUT2D eigenvalue weighted by atomic mass is 16.1. The van der Waals surface area contributed by atoms with Gasteiger partial charge in [0.1, 0.15) is 5.65 Å². The van der Waals surface area contributed by atoms with Gasteiger partial charge in [0.25, 0.3) is 5.91 Å². The number of hydrogen-bond donors (Lipinski definition) is 1. The highest BCUT2D eigenvalue weighted by Crippen LogP contribution is 2.21. The molecule has 2 heterocycles. The molecule has 0 radical (unpaired) electrons. The lowest BCUT2D eigenvalue weighted by Gasteiger charge is -2.07. The number of aromatic nitrogens is 2. The first-order valence-corrected chi connectivity index (χ1v) is 10.2. The van der Waals surface area contributed by atoms with Crippen molar-refractivity contribution in [1.29, 1.82) is 0 Å². The highest BCUT2D eigenvalue weighted by Gasteiger charge is 2.08. The zero-order valence-corrected chi connectivity index (χ0v) is 16.6. The quantitative estimate of drug-likeness (QED) is 0.399. The van der Waals surface area contributed by atoms with Crippen LogP contribution in [0.1, 0.15) is 42.1 Å². The van der Waals surface area contributed by atoms with Gasteiger partial charge < -0.3 is 9.72 Å². The number of imidazole rings is 1. The van der Waals surface area contributed by atoms with E-state index < -0.39 is 0 Å². The van der Waals surface area contributed by atoms with Gasteiger partial charge in [-0.2, -0.15) is 0 Å². The molecule has 1 N–H and O–H groups in total. The van der Waals surface area contributed by atoms with Gasteiger partial charge in [0, 0.05) is 29.2 Å². The molecule has 0 saturated carbocycles. The number of pyridine rings is 1. The van der Waals surface area contributed by atoms with E-state index in [-0.39, 0.29) is 5.91 Å². The number of carbonyl (C=O) groups excluding carboxylic acids is 1. The number of fused-ring (bicyclic) bond motifs is 1. The molecule has 2 aromatic heterocycles. The number of nitrogens with zero attached hydrogens (tertiary/aromatic N) is 2. The number of benzene rings is 2. The molecule has 4 aromatic rings. The fourth-order valence-electron chi connectivity index (χ4n) is 3.40. The SMILES string of the molecule is CCCCCc1ccc(C(=O)Nc2ccc(-c3cn4ccccc4n3)cc2)cc1. The minimum Gasteiger partial charge on any atom is -0.322 e. The van der Waals surface area contributed by atoms with Gasteiger partial charge in [0.05, 0.1) is 5.69 Å². The molecule has 0 aliphatic heterocycles. The molecular formula is C25H25N3O. The van der Waals surface area contributed by atoms with E-state index in [4.69, 9.17) is 0 Å².